The summed E-state index contributed by atoms with van der Waals surface area (Å²) in [6.07, 6.45) is 4.95. The summed E-state index contributed by atoms with van der Waals surface area (Å²) >= 11 is 0. The number of aromatic nitrogens is 2. The molecule has 5 aromatic carbocycles. The Morgan fingerprint density at radius 1 is 0.604 bits per heavy atom. The van der Waals surface area contributed by atoms with Gasteiger partial charge in [-0.3, -0.25) is 0 Å². The number of nitrogens with zero attached hydrogens (tertiary/aromatic N) is 2. The van der Waals surface area contributed by atoms with E-state index < -0.39 is 8.07 Å². The average Bonchev–Trinajstić information content (AvgIpc) is 3.10. The number of benzene rings is 5. The van der Waals surface area contributed by atoms with Crippen LogP contribution in [0.3, 0.4) is 0 Å². The third-order valence-corrected chi connectivity index (χ3v) is 10.5. The molecule has 0 atom stereocenters. The molecular formula is C44H40IrN2Si-2. The summed E-state index contributed by atoms with van der Waals surface area (Å²) in [6, 6.07) is 51.1. The van der Waals surface area contributed by atoms with Crippen LogP contribution in [0.1, 0.15) is 22.3 Å². The number of pyridine rings is 2. The van der Waals surface area contributed by atoms with Crippen molar-refractivity contribution < 1.29 is 20.1 Å². The first-order valence-electron chi connectivity index (χ1n) is 16.2. The van der Waals surface area contributed by atoms with Crippen LogP contribution in [0.25, 0.3) is 44.4 Å². The van der Waals surface area contributed by atoms with E-state index in [1.807, 2.05) is 18.3 Å². The normalized spacial score (nSPS) is 10.9. The van der Waals surface area contributed by atoms with E-state index >= 15 is 0 Å². The molecule has 1 radical (unpaired) electrons. The van der Waals surface area contributed by atoms with E-state index in [9.17, 15) is 0 Å². The van der Waals surface area contributed by atoms with Crippen molar-refractivity contribution in [3.63, 3.8) is 0 Å². The molecule has 0 fully saturated rings. The van der Waals surface area contributed by atoms with Crippen LogP contribution in [0.5, 0.6) is 0 Å². The van der Waals surface area contributed by atoms with Crippen LogP contribution in [-0.4, -0.2) is 18.0 Å². The number of hydrogen-bond acceptors (Lipinski definition) is 2. The Hall–Kier alpha value is -4.47. The second-order valence-corrected chi connectivity index (χ2v) is 18.2. The summed E-state index contributed by atoms with van der Waals surface area (Å²) in [6.45, 7) is 11.3. The molecule has 48 heavy (non-hydrogen) atoms. The van der Waals surface area contributed by atoms with Gasteiger partial charge in [-0.25, -0.2) is 0 Å². The van der Waals surface area contributed by atoms with E-state index in [-0.39, 0.29) is 20.1 Å². The van der Waals surface area contributed by atoms with Crippen LogP contribution in [0.4, 0.5) is 0 Å². The molecule has 2 nitrogen and oxygen atoms in total. The van der Waals surface area contributed by atoms with Gasteiger partial charge < -0.3 is 9.97 Å². The summed E-state index contributed by atoms with van der Waals surface area (Å²) in [5, 5.41) is 3.78. The summed E-state index contributed by atoms with van der Waals surface area (Å²) in [5.74, 6) is 0. The van der Waals surface area contributed by atoms with E-state index in [2.05, 4.69) is 172 Å². The summed E-state index contributed by atoms with van der Waals surface area (Å²) < 4.78 is 0. The van der Waals surface area contributed by atoms with Crippen LogP contribution >= 0.6 is 0 Å². The van der Waals surface area contributed by atoms with Crippen molar-refractivity contribution in [2.45, 2.75) is 39.9 Å². The number of rotatable bonds is 6. The molecule has 0 saturated heterocycles. The van der Waals surface area contributed by atoms with E-state index in [0.717, 1.165) is 34.3 Å². The molecule has 0 amide bonds. The van der Waals surface area contributed by atoms with Crippen molar-refractivity contribution in [2.24, 2.45) is 0 Å². The Labute approximate surface area is 300 Å². The summed E-state index contributed by atoms with van der Waals surface area (Å²) in [7, 11) is -1.47. The SMILES string of the molecule is Cc1c[c-]c(-c2cc(-c3ccccc3)c([Si](C)(C)C)cn2)cc1.Cc1c[c-]c(-c2cc3ccccc3cn2)cc1Cc1ccccc1.[Ir]. The van der Waals surface area contributed by atoms with Gasteiger partial charge in [-0.2, -0.15) is 0 Å². The first-order valence-corrected chi connectivity index (χ1v) is 19.7. The standard InChI is InChI=1S/C23H18N.C21H22NSi.Ir/c1-17-11-12-20(14-22(17)13-18-7-3-2-4-8-18)23-15-19-9-5-6-10-21(19)16-24-23;1-16-10-12-18(13-11-16)20-14-19(17-8-6-5-7-9-17)21(15-22-20)23(2,3)4;/h2-11,14-16H,13H2,1H3;5-12,14-15H,1-4H3;/q2*-1;. The maximum atomic E-state index is 4.73. The molecule has 241 valence electrons. The largest absolute Gasteiger partial charge is 0.305 e. The van der Waals surface area contributed by atoms with E-state index in [1.165, 1.54) is 44.0 Å². The molecule has 2 heterocycles. The van der Waals surface area contributed by atoms with Crippen LogP contribution in [0.15, 0.2) is 140 Å². The quantitative estimate of drug-likeness (QED) is 0.123. The maximum Gasteiger partial charge on any atom is 0.0803 e. The Bertz CT molecular complexity index is 2100. The zero-order chi connectivity index (χ0) is 32.8. The Balaban J connectivity index is 0.000000184. The number of fused-ring (bicyclic) bond motifs is 1. The summed E-state index contributed by atoms with van der Waals surface area (Å²) in [5.41, 5.74) is 11.8. The zero-order valence-corrected chi connectivity index (χ0v) is 31.6. The molecule has 2 aromatic heterocycles. The van der Waals surface area contributed by atoms with Crippen molar-refractivity contribution >= 4 is 24.0 Å². The maximum absolute atomic E-state index is 4.73. The van der Waals surface area contributed by atoms with E-state index in [4.69, 9.17) is 4.98 Å². The zero-order valence-electron chi connectivity index (χ0n) is 28.2. The topological polar surface area (TPSA) is 25.8 Å². The van der Waals surface area contributed by atoms with Crippen LogP contribution in [0.2, 0.25) is 19.6 Å². The molecule has 0 N–H and O–H groups in total. The Morgan fingerprint density at radius 3 is 1.92 bits per heavy atom. The predicted molar refractivity (Wildman–Crippen MR) is 202 cm³/mol. The number of hydrogen-bond donors (Lipinski definition) is 0. The molecular weight excluding hydrogens is 777 g/mol. The second-order valence-electron chi connectivity index (χ2n) is 13.1. The molecule has 4 heteroatoms. The third kappa shape index (κ3) is 8.51. The fourth-order valence-electron chi connectivity index (χ4n) is 5.71. The van der Waals surface area contributed by atoms with Crippen molar-refractivity contribution in [1.29, 1.82) is 0 Å². The minimum atomic E-state index is -1.47. The summed E-state index contributed by atoms with van der Waals surface area (Å²) in [4.78, 5) is 9.36. The van der Waals surface area contributed by atoms with E-state index in [1.54, 1.807) is 0 Å². The van der Waals surface area contributed by atoms with Gasteiger partial charge in [0.05, 0.1) is 8.07 Å². The van der Waals surface area contributed by atoms with Crippen LogP contribution in [0, 0.1) is 26.0 Å². The second kappa shape index (κ2) is 15.6. The molecule has 0 unspecified atom stereocenters. The van der Waals surface area contributed by atoms with Gasteiger partial charge in [0.25, 0.3) is 0 Å². The fourth-order valence-corrected chi connectivity index (χ4v) is 7.19. The first kappa shape index (κ1) is 34.8. The molecule has 0 saturated carbocycles. The first-order chi connectivity index (χ1) is 22.7. The molecule has 0 bridgehead atoms. The Kier molecular flexibility index (Phi) is 11.3. The molecule has 7 rings (SSSR count). The third-order valence-electron chi connectivity index (χ3n) is 8.45. The predicted octanol–water partition coefficient (Wildman–Crippen LogP) is 10.7. The number of aryl methyl sites for hydroxylation is 2. The molecule has 7 aromatic rings. The van der Waals surface area contributed by atoms with Crippen molar-refractivity contribution in [2.75, 3.05) is 0 Å². The minimum absolute atomic E-state index is 0. The van der Waals surface area contributed by atoms with Crippen molar-refractivity contribution in [1.82, 2.24) is 9.97 Å². The van der Waals surface area contributed by atoms with Gasteiger partial charge in [-0.1, -0.05) is 131 Å². The van der Waals surface area contributed by atoms with Gasteiger partial charge in [-0.15, -0.1) is 70.3 Å². The molecule has 0 aliphatic carbocycles. The fraction of sp³-hybridized carbons (Fsp3) is 0.136. The van der Waals surface area contributed by atoms with Crippen LogP contribution < -0.4 is 5.19 Å². The average molecular weight is 817 g/mol. The van der Waals surface area contributed by atoms with Gasteiger partial charge in [0.2, 0.25) is 0 Å². The molecule has 0 aliphatic rings. The van der Waals surface area contributed by atoms with Gasteiger partial charge in [0.15, 0.2) is 0 Å². The minimum Gasteiger partial charge on any atom is -0.305 e. The Morgan fingerprint density at radius 2 is 1.23 bits per heavy atom. The van der Waals surface area contributed by atoms with E-state index in [0.29, 0.717) is 0 Å². The van der Waals surface area contributed by atoms with Gasteiger partial charge in [0, 0.05) is 32.5 Å². The molecule has 0 spiro atoms. The van der Waals surface area contributed by atoms with Crippen LogP contribution in [-0.2, 0) is 26.5 Å². The van der Waals surface area contributed by atoms with Gasteiger partial charge in [-0.05, 0) is 50.5 Å². The molecule has 0 aliphatic heterocycles. The smallest absolute Gasteiger partial charge is 0.0803 e. The van der Waals surface area contributed by atoms with Gasteiger partial charge in [0.1, 0.15) is 0 Å². The van der Waals surface area contributed by atoms with Crippen molar-refractivity contribution in [3.05, 3.63) is 174 Å². The van der Waals surface area contributed by atoms with Crippen molar-refractivity contribution in [3.8, 4) is 33.6 Å². The van der Waals surface area contributed by atoms with Gasteiger partial charge >= 0.3 is 0 Å². The monoisotopic (exact) mass is 817 g/mol.